The molecule has 0 bridgehead atoms. The van der Waals surface area contributed by atoms with E-state index in [1.807, 2.05) is 0 Å². The third kappa shape index (κ3) is 19.5. The summed E-state index contributed by atoms with van der Waals surface area (Å²) in [6.07, 6.45) is 13.1. The standard InChI is InChI=1S/C38H36NSi.C36H40NSi.C33H34NSi.C28H32NSi/c1-5-30-25-28(2)29(3)37(26-30)38-36-22-21-35(27-31(36)23-24-39(38)4)40(32-15-9-6-10-16-32,33-17-11-7-12-18-33)34-19-13-8-14-20-34;1-8-28-23-26(2)27(3)34(24-28)35-33-20-19-32(25-29(33)21-22-37(35)7)38(36(4,5)6,30-15-11-9-12-16-30)31-17-13-10-14-18-31;1-6-26-21-24(2)25(3)32(22-26)33-31-18-17-30(23-27(31)19-20-34(33)4)35(5,28-13-9-7-10-14-28)29-15-11-8-12-16-29;1-7-22-17-20(2)21(3)27(18-22)28-26-14-13-25(19-23(26)15-16-29(28)4)30(5,6)24-11-9-8-10-12-24/h6-27H,5H2,1-4H3;9-25H,8H2,1-7H3;7-23H,6H2,1-5H3;8-19H,7H2,1-6H3/q4*+1. The molecule has 0 unspecified atom stereocenters. The third-order valence-corrected chi connectivity index (χ3v) is 50.2. The number of hydrogen-bond acceptors (Lipinski definition) is 0. The number of aromatic nitrogens is 4. The van der Waals surface area contributed by atoms with Crippen molar-refractivity contribution in [3.63, 3.8) is 0 Å². The third-order valence-electron chi connectivity index (χ3n) is 31.6. The van der Waals surface area contributed by atoms with Gasteiger partial charge in [0.2, 0.25) is 22.8 Å². The van der Waals surface area contributed by atoms with E-state index in [0.29, 0.717) is 0 Å². The summed E-state index contributed by atoms with van der Waals surface area (Å²) in [4.78, 5) is 0. The van der Waals surface area contributed by atoms with Crippen molar-refractivity contribution in [1.82, 2.24) is 0 Å². The van der Waals surface area contributed by atoms with E-state index in [1.54, 1.807) is 0 Å². The lowest BCUT2D eigenvalue weighted by atomic mass is 9.93. The van der Waals surface area contributed by atoms with Gasteiger partial charge in [-0.2, -0.15) is 0 Å². The summed E-state index contributed by atoms with van der Waals surface area (Å²) in [5.74, 6) is 0. The maximum absolute atomic E-state index is 2.57. The first kappa shape index (κ1) is 101. The Morgan fingerprint density at radius 3 is 0.713 bits per heavy atom. The quantitative estimate of drug-likeness (QED) is 0.0411. The van der Waals surface area contributed by atoms with Crippen LogP contribution in [0.15, 0.2) is 413 Å². The van der Waals surface area contributed by atoms with Crippen LogP contribution in [0.4, 0.5) is 0 Å². The van der Waals surface area contributed by atoms with Gasteiger partial charge < -0.3 is 0 Å². The Labute approximate surface area is 856 Å². The van der Waals surface area contributed by atoms with E-state index in [4.69, 9.17) is 0 Å². The lowest BCUT2D eigenvalue weighted by Crippen LogP contribution is -2.74. The molecule has 0 amide bonds. The van der Waals surface area contributed by atoms with Gasteiger partial charge in [0.15, 0.2) is 40.9 Å². The van der Waals surface area contributed by atoms with Gasteiger partial charge in [-0.05, 0) is 275 Å². The van der Waals surface area contributed by atoms with Gasteiger partial charge in [-0.25, -0.2) is 18.3 Å². The summed E-state index contributed by atoms with van der Waals surface area (Å²) in [7, 11) is -0.147. The first-order chi connectivity index (χ1) is 69.0. The van der Waals surface area contributed by atoms with Gasteiger partial charge in [0.25, 0.3) is 0 Å². The maximum atomic E-state index is 2.50. The van der Waals surface area contributed by atoms with Crippen molar-refractivity contribution < 1.29 is 18.3 Å². The van der Waals surface area contributed by atoms with Crippen molar-refractivity contribution in [1.29, 1.82) is 0 Å². The number of hydrogen-bond donors (Lipinski definition) is 0. The number of rotatable bonds is 20. The summed E-state index contributed by atoms with van der Waals surface area (Å²) in [6.45, 7) is 41.6. The van der Waals surface area contributed by atoms with Crippen LogP contribution in [0.1, 0.15) is 115 Å². The molecule has 4 aromatic heterocycles. The topological polar surface area (TPSA) is 15.5 Å². The molecule has 20 aromatic rings. The van der Waals surface area contributed by atoms with Gasteiger partial charge >= 0.3 is 0 Å². The molecular weight excluding hydrogens is 1790 g/mol. The zero-order chi connectivity index (χ0) is 101. The van der Waals surface area contributed by atoms with Gasteiger partial charge in [0, 0.05) is 24.3 Å². The molecule has 16 aromatic carbocycles. The Hall–Kier alpha value is -14.0. The van der Waals surface area contributed by atoms with Crippen LogP contribution in [-0.4, -0.2) is 32.3 Å². The van der Waals surface area contributed by atoms with Gasteiger partial charge in [0.1, 0.15) is 44.3 Å². The second kappa shape index (κ2) is 42.7. The SMILES string of the molecule is CCc1cc(C)c(C)c(-c2c3ccc([Si](C)(C)c4ccccc4)cc3cc[n+]2C)c1.CCc1cc(C)c(C)c(-c2c3ccc([Si](C)(c4ccccc4)c4ccccc4)cc3cc[n+]2C)c1.CCc1cc(C)c(C)c(-c2c3ccc([Si](c4ccccc4)(c4ccccc4)C(C)(C)C)cc3cc[n+]2C)c1.CCc1cc(C)c(C)c(-c2c3ccc([Si](c4ccccc4)(c4ccccc4)c4ccccc4)cc3cc[n+]2C)c1. The second-order valence-electron chi connectivity index (χ2n) is 41.5. The van der Waals surface area contributed by atoms with Gasteiger partial charge in [-0.15, -0.1) is 0 Å². The Bertz CT molecular complexity index is 7820. The largest absolute Gasteiger partial charge is 0.220 e. The van der Waals surface area contributed by atoms with E-state index in [9.17, 15) is 0 Å². The molecule has 8 heteroatoms. The van der Waals surface area contributed by atoms with Crippen LogP contribution in [0, 0.1) is 55.4 Å². The Balaban J connectivity index is 0.000000132. The molecule has 0 spiro atoms. The molecule has 0 saturated carbocycles. The van der Waals surface area contributed by atoms with E-state index in [1.165, 1.54) is 217 Å². The zero-order valence-corrected chi connectivity index (χ0v) is 92.4. The van der Waals surface area contributed by atoms with Crippen LogP contribution in [0.5, 0.6) is 0 Å². The monoisotopic (exact) mass is 1930 g/mol. The molecule has 714 valence electrons. The highest BCUT2D eigenvalue weighted by Gasteiger charge is 2.50. The normalized spacial score (nSPS) is 11.8. The number of benzene rings is 16. The smallest absolute Gasteiger partial charge is 0.200 e. The maximum Gasteiger partial charge on any atom is 0.220 e. The number of pyridine rings is 4. The van der Waals surface area contributed by atoms with Crippen molar-refractivity contribution in [2.75, 3.05) is 0 Å². The summed E-state index contributed by atoms with van der Waals surface area (Å²) >= 11 is 0. The predicted molar refractivity (Wildman–Crippen MR) is 625 cm³/mol. The van der Waals surface area contributed by atoms with Crippen LogP contribution >= 0.6 is 0 Å². The minimum Gasteiger partial charge on any atom is -0.200 e. The van der Waals surface area contributed by atoms with Crippen LogP contribution in [-0.2, 0) is 53.9 Å². The lowest BCUT2D eigenvalue weighted by molar-refractivity contribution is -0.659. The molecule has 4 heterocycles. The van der Waals surface area contributed by atoms with E-state index in [-0.39, 0.29) is 5.04 Å². The van der Waals surface area contributed by atoms with Crippen LogP contribution in [0.3, 0.4) is 0 Å². The molecular formula is C135H142N4Si4+4. The molecule has 0 aliphatic carbocycles. The lowest BCUT2D eigenvalue weighted by Gasteiger charge is -2.44. The molecule has 20 rings (SSSR count). The molecule has 0 radical (unpaired) electrons. The molecule has 4 nitrogen and oxygen atoms in total. The molecule has 0 fully saturated rings. The number of aryl methyl sites for hydroxylation is 12. The summed E-state index contributed by atoms with van der Waals surface area (Å²) < 4.78 is 9.16. The van der Waals surface area contributed by atoms with Crippen molar-refractivity contribution in [2.45, 2.75) is 154 Å². The molecule has 0 aliphatic heterocycles. The van der Waals surface area contributed by atoms with Crippen molar-refractivity contribution >= 4 is 138 Å². The zero-order valence-electron chi connectivity index (χ0n) is 88.4. The Morgan fingerprint density at radius 2 is 0.441 bits per heavy atom. The fourth-order valence-electron chi connectivity index (χ4n) is 22.8. The second-order valence-corrected chi connectivity index (χ2v) is 58.4. The van der Waals surface area contributed by atoms with E-state index >= 15 is 0 Å². The molecule has 0 atom stereocenters. The number of fused-ring (bicyclic) bond motifs is 4. The summed E-state index contributed by atoms with van der Waals surface area (Å²) in [5.41, 5.74) is 27.0. The minimum atomic E-state index is -2.57. The Kier molecular flexibility index (Phi) is 30.0. The van der Waals surface area contributed by atoms with Crippen molar-refractivity contribution in [3.05, 3.63) is 480 Å². The van der Waals surface area contributed by atoms with Crippen LogP contribution in [0.2, 0.25) is 24.7 Å². The minimum absolute atomic E-state index is 0.0643. The molecule has 0 saturated heterocycles. The fraction of sp³-hybridized carbons (Fsp3) is 0.200. The highest BCUT2D eigenvalue weighted by molar-refractivity contribution is 7.20. The molecule has 143 heavy (non-hydrogen) atoms. The van der Waals surface area contributed by atoms with Crippen LogP contribution in [0.25, 0.3) is 88.1 Å². The van der Waals surface area contributed by atoms with E-state index < -0.39 is 32.3 Å². The number of nitrogens with zero attached hydrogens (tertiary/aromatic N) is 4. The average molecular weight is 1930 g/mol. The molecule has 0 aliphatic rings. The first-order valence-electron chi connectivity index (χ1n) is 51.6. The first-order valence-corrected chi connectivity index (χ1v) is 61.1. The van der Waals surface area contributed by atoms with Gasteiger partial charge in [0.05, 0.1) is 43.8 Å². The van der Waals surface area contributed by atoms with E-state index in [0.717, 1.165) is 25.7 Å². The predicted octanol–water partition coefficient (Wildman–Crippen LogP) is 23.6. The summed E-state index contributed by atoms with van der Waals surface area (Å²) in [6, 6.07) is 146. The van der Waals surface area contributed by atoms with Crippen LogP contribution < -0.4 is 80.5 Å². The van der Waals surface area contributed by atoms with Crippen molar-refractivity contribution in [3.8, 4) is 45.0 Å². The molecule has 0 N–H and O–H groups in total. The highest BCUT2D eigenvalue weighted by Crippen LogP contribution is 2.40. The highest BCUT2D eigenvalue weighted by atomic mass is 28.3. The van der Waals surface area contributed by atoms with Gasteiger partial charge in [-0.3, -0.25) is 0 Å². The summed E-state index contributed by atoms with van der Waals surface area (Å²) in [5, 5.41) is 27.8. The Morgan fingerprint density at radius 1 is 0.217 bits per heavy atom. The van der Waals surface area contributed by atoms with Crippen molar-refractivity contribution in [2.24, 2.45) is 28.2 Å². The van der Waals surface area contributed by atoms with E-state index in [2.05, 4.69) is 583 Å². The average Bonchev–Trinajstić information content (AvgIpc) is 0.717. The fourth-order valence-corrected chi connectivity index (χ4v) is 39.3. The van der Waals surface area contributed by atoms with Gasteiger partial charge in [-0.1, -0.05) is 394 Å².